The fraction of sp³-hybridized carbons (Fsp3) is 0.500. The predicted molar refractivity (Wildman–Crippen MR) is 101 cm³/mol. The molecule has 0 saturated carbocycles. The predicted octanol–water partition coefficient (Wildman–Crippen LogP) is -9.09. The van der Waals surface area contributed by atoms with Gasteiger partial charge in [-0.15, -0.1) is 0 Å². The Morgan fingerprint density at radius 1 is 0.425 bits per heavy atom. The molecular formula is C18H20O21Ti. The van der Waals surface area contributed by atoms with E-state index in [1.165, 1.54) is 0 Å². The van der Waals surface area contributed by atoms with Crippen molar-refractivity contribution >= 4 is 53.7 Å². The van der Waals surface area contributed by atoms with Crippen LogP contribution < -0.4 is 20.4 Å². The second-order valence-corrected chi connectivity index (χ2v) is 7.35. The van der Waals surface area contributed by atoms with E-state index in [0.717, 1.165) is 0 Å². The van der Waals surface area contributed by atoms with Crippen LogP contribution in [0.1, 0.15) is 38.5 Å². The first-order valence-electron chi connectivity index (χ1n) is 9.44. The molecule has 40 heavy (non-hydrogen) atoms. The summed E-state index contributed by atoms with van der Waals surface area (Å²) in [7, 11) is 0. The number of rotatable bonds is 15. The Morgan fingerprint density at radius 2 is 0.625 bits per heavy atom. The van der Waals surface area contributed by atoms with Crippen LogP contribution in [0.2, 0.25) is 0 Å². The minimum absolute atomic E-state index is 0. The number of aliphatic hydroxyl groups is 3. The van der Waals surface area contributed by atoms with Crippen molar-refractivity contribution < 1.29 is 126 Å². The molecule has 0 bridgehead atoms. The van der Waals surface area contributed by atoms with E-state index in [1.54, 1.807) is 0 Å². The van der Waals surface area contributed by atoms with Crippen molar-refractivity contribution in [2.45, 2.75) is 55.3 Å². The largest absolute Gasteiger partial charge is 4.00 e. The summed E-state index contributed by atoms with van der Waals surface area (Å²) in [6.45, 7) is 0. The quantitative estimate of drug-likeness (QED) is 0.0787. The van der Waals surface area contributed by atoms with Gasteiger partial charge in [0.15, 0.2) is 11.2 Å². The molecular weight excluding hydrogens is 600 g/mol. The molecule has 0 saturated heterocycles. The topological polar surface area (TPSA) is 408 Å². The molecule has 0 rings (SSSR count). The van der Waals surface area contributed by atoms with E-state index in [9.17, 15) is 63.6 Å². The number of aliphatic carboxylic acids is 9. The van der Waals surface area contributed by atoms with Crippen LogP contribution in [0.15, 0.2) is 0 Å². The first-order chi connectivity index (χ1) is 17.3. The molecule has 1 atom stereocenters. The minimum Gasteiger partial charge on any atom is -0.550 e. The molecule has 0 radical (unpaired) electrons. The van der Waals surface area contributed by atoms with Crippen molar-refractivity contribution in [2.24, 2.45) is 0 Å². The Morgan fingerprint density at radius 3 is 0.775 bits per heavy atom. The standard InChI is InChI=1S/3C6H8O7.Ti/c3*7-3(8)1-6(13,5(11)12)2-4(9)10;/h3*13H,1-2H2,(H,7,8)(H,9,10)(H,11,12);/q;;;+4/p-4. The van der Waals surface area contributed by atoms with Crippen molar-refractivity contribution in [3.05, 3.63) is 0 Å². The fourth-order valence-corrected chi connectivity index (χ4v) is 2.10. The third kappa shape index (κ3) is 19.0. The number of carboxylic acid groups (broad SMARTS) is 9. The normalized spacial score (nSPS) is 11.8. The van der Waals surface area contributed by atoms with Crippen molar-refractivity contribution in [3.8, 4) is 0 Å². The second-order valence-electron chi connectivity index (χ2n) is 7.35. The Kier molecular flexibility index (Phi) is 19.5. The fourth-order valence-electron chi connectivity index (χ4n) is 2.10. The number of hydrogen-bond donors (Lipinski definition) is 8. The third-order valence-corrected chi connectivity index (χ3v) is 3.82. The van der Waals surface area contributed by atoms with Crippen LogP contribution in [0.3, 0.4) is 0 Å². The van der Waals surface area contributed by atoms with Crippen LogP contribution >= 0.6 is 0 Å². The van der Waals surface area contributed by atoms with Crippen molar-refractivity contribution in [1.82, 2.24) is 0 Å². The molecule has 0 aliphatic rings. The van der Waals surface area contributed by atoms with Gasteiger partial charge in [-0.2, -0.15) is 0 Å². The summed E-state index contributed by atoms with van der Waals surface area (Å²) >= 11 is 0. The number of carbonyl (C=O) groups excluding carboxylic acids is 4. The monoisotopic (exact) mass is 620 g/mol. The van der Waals surface area contributed by atoms with E-state index >= 15 is 0 Å². The second kappa shape index (κ2) is 18.2. The van der Waals surface area contributed by atoms with E-state index in [-0.39, 0.29) is 21.7 Å². The zero-order valence-corrected chi connectivity index (χ0v) is 21.2. The molecule has 21 nitrogen and oxygen atoms in total. The van der Waals surface area contributed by atoms with Crippen molar-refractivity contribution in [2.75, 3.05) is 0 Å². The molecule has 0 amide bonds. The SMILES string of the molecule is O=C(O)CC(O)(CC(=O)O)C(=O)O.O=C([O-])CC(O)(CC(=O)O)C(=O)O.O=C([O-])CC(O)(CC(=O)[O-])C(=O)[O-].[Ti+4]. The summed E-state index contributed by atoms with van der Waals surface area (Å²) in [4.78, 5) is 90.8. The van der Waals surface area contributed by atoms with E-state index in [1.807, 2.05) is 0 Å². The average Bonchev–Trinajstić information content (AvgIpc) is 2.64. The van der Waals surface area contributed by atoms with Gasteiger partial charge in [0.05, 0.1) is 25.2 Å². The van der Waals surface area contributed by atoms with Gasteiger partial charge < -0.3 is 80.5 Å². The van der Waals surface area contributed by atoms with Gasteiger partial charge in [0.2, 0.25) is 0 Å². The molecule has 0 aliphatic heterocycles. The summed E-state index contributed by atoms with van der Waals surface area (Å²) in [5.41, 5.74) is -8.51. The van der Waals surface area contributed by atoms with Gasteiger partial charge in [-0.25, -0.2) is 9.59 Å². The molecule has 0 aromatic carbocycles. The van der Waals surface area contributed by atoms with E-state index in [0.29, 0.717) is 0 Å². The molecule has 0 aromatic rings. The summed E-state index contributed by atoms with van der Waals surface area (Å²) in [5.74, 6) is -16.3. The van der Waals surface area contributed by atoms with Gasteiger partial charge in [-0.1, -0.05) is 0 Å². The number of carboxylic acids is 9. The Hall–Kier alpha value is -4.18. The Labute approximate surface area is 235 Å². The summed E-state index contributed by atoms with van der Waals surface area (Å²) in [5, 5.41) is 108. The summed E-state index contributed by atoms with van der Waals surface area (Å²) in [6, 6.07) is 0. The van der Waals surface area contributed by atoms with E-state index in [4.69, 9.17) is 40.9 Å². The van der Waals surface area contributed by atoms with Crippen LogP contribution in [-0.2, 0) is 64.9 Å². The molecule has 0 aliphatic carbocycles. The van der Waals surface area contributed by atoms with Crippen LogP contribution in [0.25, 0.3) is 0 Å². The summed E-state index contributed by atoms with van der Waals surface area (Å²) in [6.07, 6.45) is -7.44. The first kappa shape index (κ1) is 42.9. The molecule has 8 N–H and O–H groups in total. The zero-order valence-electron chi connectivity index (χ0n) is 19.6. The van der Waals surface area contributed by atoms with Gasteiger partial charge in [0.25, 0.3) is 0 Å². The van der Waals surface area contributed by atoms with Gasteiger partial charge in [0, 0.05) is 37.2 Å². The van der Waals surface area contributed by atoms with Crippen LogP contribution in [0.5, 0.6) is 0 Å². The maximum Gasteiger partial charge on any atom is 4.00 e. The van der Waals surface area contributed by atoms with Gasteiger partial charge in [-0.05, 0) is 0 Å². The van der Waals surface area contributed by atoms with Gasteiger partial charge in [0.1, 0.15) is 5.60 Å². The molecule has 0 spiro atoms. The van der Waals surface area contributed by atoms with Crippen LogP contribution in [0.4, 0.5) is 0 Å². The maximum absolute atomic E-state index is 10.3. The molecule has 1 unspecified atom stereocenters. The Bertz CT molecular complexity index is 812. The van der Waals surface area contributed by atoms with Crippen molar-refractivity contribution in [3.63, 3.8) is 0 Å². The number of hydrogen-bond acceptors (Lipinski definition) is 16. The molecule has 222 valence electrons. The summed E-state index contributed by atoms with van der Waals surface area (Å²) < 4.78 is 0. The van der Waals surface area contributed by atoms with E-state index in [2.05, 4.69) is 0 Å². The van der Waals surface area contributed by atoms with E-state index < -0.39 is 109 Å². The molecule has 22 heteroatoms. The number of carbonyl (C=O) groups is 9. The third-order valence-electron chi connectivity index (χ3n) is 3.82. The van der Waals surface area contributed by atoms with Gasteiger partial charge >= 0.3 is 51.6 Å². The van der Waals surface area contributed by atoms with Crippen molar-refractivity contribution in [1.29, 1.82) is 0 Å². The van der Waals surface area contributed by atoms with Crippen LogP contribution in [0, 0.1) is 0 Å². The maximum atomic E-state index is 10.3. The zero-order chi connectivity index (χ0) is 31.9. The Balaban J connectivity index is -0.000000240. The van der Waals surface area contributed by atoms with Crippen LogP contribution in [-0.4, -0.2) is 111 Å². The average molecular weight is 620 g/mol. The van der Waals surface area contributed by atoms with Gasteiger partial charge in [-0.3, -0.25) is 14.4 Å². The smallest absolute Gasteiger partial charge is 0.550 e. The molecule has 0 aromatic heterocycles. The molecule has 0 heterocycles. The minimum atomic E-state index is -2.97. The first-order valence-corrected chi connectivity index (χ1v) is 9.44. The molecule has 0 fully saturated rings.